The molecular weight excluding hydrogens is 304 g/mol. The minimum atomic E-state index is 0.572. The molecule has 0 radical (unpaired) electrons. The fourth-order valence-electron chi connectivity index (χ4n) is 2.17. The van der Waals surface area contributed by atoms with E-state index in [0.29, 0.717) is 5.56 Å². The maximum Gasteiger partial charge on any atom is 0.102 e. The van der Waals surface area contributed by atoms with Crippen molar-refractivity contribution in [3.05, 3.63) is 46.7 Å². The van der Waals surface area contributed by atoms with E-state index in [2.05, 4.69) is 32.1 Å². The van der Waals surface area contributed by atoms with Gasteiger partial charge in [-0.1, -0.05) is 18.2 Å². The summed E-state index contributed by atoms with van der Waals surface area (Å²) in [6, 6.07) is 9.98. The van der Waals surface area contributed by atoms with Gasteiger partial charge < -0.3 is 0 Å². The van der Waals surface area contributed by atoms with E-state index in [1.54, 1.807) is 17.1 Å². The van der Waals surface area contributed by atoms with Gasteiger partial charge in [-0.05, 0) is 22.0 Å². The Kier molecular flexibility index (Phi) is 2.80. The van der Waals surface area contributed by atoms with Crippen LogP contribution in [0.15, 0.2) is 41.1 Å². The number of benzene rings is 1. The average molecular weight is 313 g/mol. The Bertz CT molecular complexity index is 794. The molecule has 0 atom stereocenters. The SMILES string of the molecule is Cn1ncc(Br)c1-c1ccc2cccnc2c1C#N. The number of nitriles is 1. The summed E-state index contributed by atoms with van der Waals surface area (Å²) in [6.07, 6.45) is 3.42. The number of rotatable bonds is 1. The van der Waals surface area contributed by atoms with Crippen LogP contribution in [0.25, 0.3) is 22.2 Å². The van der Waals surface area contributed by atoms with E-state index in [-0.39, 0.29) is 0 Å². The van der Waals surface area contributed by atoms with E-state index in [1.807, 2.05) is 31.3 Å². The molecule has 2 heterocycles. The molecule has 2 aromatic heterocycles. The lowest BCUT2D eigenvalue weighted by atomic mass is 10.0. The molecule has 0 unspecified atom stereocenters. The Hall–Kier alpha value is -2.19. The number of aromatic nitrogens is 3. The van der Waals surface area contributed by atoms with Crippen molar-refractivity contribution in [2.45, 2.75) is 0 Å². The molecule has 0 saturated carbocycles. The van der Waals surface area contributed by atoms with Gasteiger partial charge in [0.05, 0.1) is 27.4 Å². The van der Waals surface area contributed by atoms with E-state index < -0.39 is 0 Å². The van der Waals surface area contributed by atoms with Crippen molar-refractivity contribution < 1.29 is 0 Å². The summed E-state index contributed by atoms with van der Waals surface area (Å²) in [7, 11) is 1.85. The molecule has 1 aromatic carbocycles. The maximum atomic E-state index is 9.46. The van der Waals surface area contributed by atoms with Crippen molar-refractivity contribution in [2.24, 2.45) is 7.05 Å². The van der Waals surface area contributed by atoms with Gasteiger partial charge in [0.25, 0.3) is 0 Å². The zero-order valence-corrected chi connectivity index (χ0v) is 11.7. The molecular formula is C14H9BrN4. The van der Waals surface area contributed by atoms with E-state index in [4.69, 9.17) is 0 Å². The predicted molar refractivity (Wildman–Crippen MR) is 76.4 cm³/mol. The third kappa shape index (κ3) is 1.81. The highest BCUT2D eigenvalue weighted by Gasteiger charge is 2.15. The summed E-state index contributed by atoms with van der Waals surface area (Å²) < 4.78 is 2.61. The van der Waals surface area contributed by atoms with Crippen molar-refractivity contribution in [3.8, 4) is 17.3 Å². The minimum absolute atomic E-state index is 0.572. The van der Waals surface area contributed by atoms with Crippen LogP contribution in [0.1, 0.15) is 5.56 Å². The lowest BCUT2D eigenvalue weighted by Gasteiger charge is -2.08. The molecule has 0 saturated heterocycles. The van der Waals surface area contributed by atoms with Crippen molar-refractivity contribution in [3.63, 3.8) is 0 Å². The zero-order valence-electron chi connectivity index (χ0n) is 10.1. The summed E-state index contributed by atoms with van der Waals surface area (Å²) in [4.78, 5) is 4.31. The second-order valence-corrected chi connectivity index (χ2v) is 4.99. The fourth-order valence-corrected chi connectivity index (χ4v) is 2.73. The Morgan fingerprint density at radius 1 is 1.32 bits per heavy atom. The van der Waals surface area contributed by atoms with E-state index in [0.717, 1.165) is 26.6 Å². The first-order valence-electron chi connectivity index (χ1n) is 5.68. The molecule has 0 N–H and O–H groups in total. The van der Waals surface area contributed by atoms with Crippen molar-refractivity contribution >= 4 is 26.8 Å². The van der Waals surface area contributed by atoms with Crippen LogP contribution in [0.3, 0.4) is 0 Å². The van der Waals surface area contributed by atoms with Crippen LogP contribution in [-0.2, 0) is 7.05 Å². The van der Waals surface area contributed by atoms with Crippen LogP contribution >= 0.6 is 15.9 Å². The molecule has 0 bridgehead atoms. The van der Waals surface area contributed by atoms with Gasteiger partial charge in [-0.3, -0.25) is 9.67 Å². The fraction of sp³-hybridized carbons (Fsp3) is 0.0714. The Balaban J connectivity index is 2.40. The summed E-state index contributed by atoms with van der Waals surface area (Å²) in [5, 5.41) is 14.6. The van der Waals surface area contributed by atoms with Crippen LogP contribution in [0, 0.1) is 11.3 Å². The summed E-state index contributed by atoms with van der Waals surface area (Å²) >= 11 is 3.47. The van der Waals surface area contributed by atoms with Gasteiger partial charge in [0, 0.05) is 24.2 Å². The summed E-state index contributed by atoms with van der Waals surface area (Å²) in [6.45, 7) is 0. The van der Waals surface area contributed by atoms with Gasteiger partial charge in [0.1, 0.15) is 6.07 Å². The lowest BCUT2D eigenvalue weighted by Crippen LogP contribution is -1.97. The minimum Gasteiger partial charge on any atom is -0.267 e. The number of fused-ring (bicyclic) bond motifs is 1. The highest BCUT2D eigenvalue weighted by Crippen LogP contribution is 2.32. The van der Waals surface area contributed by atoms with Crippen LogP contribution in [0.2, 0.25) is 0 Å². The number of aryl methyl sites for hydroxylation is 1. The number of halogens is 1. The predicted octanol–water partition coefficient (Wildman–Crippen LogP) is 3.27. The van der Waals surface area contributed by atoms with Crippen molar-refractivity contribution in [2.75, 3.05) is 0 Å². The van der Waals surface area contributed by atoms with Gasteiger partial charge in [-0.15, -0.1) is 0 Å². The van der Waals surface area contributed by atoms with Gasteiger partial charge in [0.2, 0.25) is 0 Å². The summed E-state index contributed by atoms with van der Waals surface area (Å²) in [5.74, 6) is 0. The number of pyridine rings is 1. The van der Waals surface area contributed by atoms with Gasteiger partial charge in [-0.25, -0.2) is 0 Å². The molecule has 0 aliphatic heterocycles. The Morgan fingerprint density at radius 2 is 2.16 bits per heavy atom. The van der Waals surface area contributed by atoms with Crippen LogP contribution in [-0.4, -0.2) is 14.8 Å². The summed E-state index contributed by atoms with van der Waals surface area (Å²) in [5.41, 5.74) is 3.00. The average Bonchev–Trinajstić information content (AvgIpc) is 2.77. The molecule has 5 heteroatoms. The van der Waals surface area contributed by atoms with Gasteiger partial charge >= 0.3 is 0 Å². The van der Waals surface area contributed by atoms with Crippen LogP contribution in [0.5, 0.6) is 0 Å². The van der Waals surface area contributed by atoms with Crippen molar-refractivity contribution in [1.29, 1.82) is 5.26 Å². The monoisotopic (exact) mass is 312 g/mol. The quantitative estimate of drug-likeness (QED) is 0.693. The second kappa shape index (κ2) is 4.48. The second-order valence-electron chi connectivity index (χ2n) is 4.14. The Labute approximate surface area is 118 Å². The molecule has 3 aromatic rings. The number of nitrogens with zero attached hydrogens (tertiary/aromatic N) is 4. The molecule has 19 heavy (non-hydrogen) atoms. The zero-order chi connectivity index (χ0) is 13.4. The molecule has 0 fully saturated rings. The first-order valence-corrected chi connectivity index (χ1v) is 6.47. The smallest absolute Gasteiger partial charge is 0.102 e. The maximum absolute atomic E-state index is 9.46. The Morgan fingerprint density at radius 3 is 2.84 bits per heavy atom. The highest BCUT2D eigenvalue weighted by molar-refractivity contribution is 9.10. The molecule has 0 aliphatic rings. The van der Waals surface area contributed by atoms with Gasteiger partial charge in [0.15, 0.2) is 0 Å². The third-order valence-corrected chi connectivity index (χ3v) is 3.62. The van der Waals surface area contributed by atoms with Gasteiger partial charge in [-0.2, -0.15) is 10.4 Å². The molecule has 0 spiro atoms. The molecule has 3 rings (SSSR count). The van der Waals surface area contributed by atoms with Crippen molar-refractivity contribution in [1.82, 2.24) is 14.8 Å². The third-order valence-electron chi connectivity index (χ3n) is 3.04. The first kappa shape index (κ1) is 11.9. The highest BCUT2D eigenvalue weighted by atomic mass is 79.9. The van der Waals surface area contributed by atoms with E-state index >= 15 is 0 Å². The number of hydrogen-bond acceptors (Lipinski definition) is 3. The van der Waals surface area contributed by atoms with E-state index in [1.165, 1.54) is 0 Å². The number of hydrogen-bond donors (Lipinski definition) is 0. The van der Waals surface area contributed by atoms with E-state index in [9.17, 15) is 5.26 Å². The molecule has 4 nitrogen and oxygen atoms in total. The molecule has 92 valence electrons. The topological polar surface area (TPSA) is 54.5 Å². The largest absolute Gasteiger partial charge is 0.267 e. The molecule has 0 amide bonds. The van der Waals surface area contributed by atoms with Crippen LogP contribution in [0.4, 0.5) is 0 Å². The first-order chi connectivity index (χ1) is 9.22. The van der Waals surface area contributed by atoms with Crippen LogP contribution < -0.4 is 0 Å². The molecule has 0 aliphatic carbocycles. The normalized spacial score (nSPS) is 10.6. The lowest BCUT2D eigenvalue weighted by molar-refractivity contribution is 0.775. The standard InChI is InChI=1S/C14H9BrN4/c1-19-14(12(15)8-18-19)10-5-4-9-3-2-6-17-13(9)11(10)7-16/h2-6,8H,1H3.